The van der Waals surface area contributed by atoms with E-state index >= 15 is 0 Å². The Morgan fingerprint density at radius 3 is 2.55 bits per heavy atom. The fourth-order valence-electron chi connectivity index (χ4n) is 3.96. The van der Waals surface area contributed by atoms with Crippen molar-refractivity contribution >= 4 is 17.2 Å². The summed E-state index contributed by atoms with van der Waals surface area (Å²) in [4.78, 5) is 22.9. The number of carbonyl (C=O) groups excluding carboxylic acids is 1. The van der Waals surface area contributed by atoms with Crippen molar-refractivity contribution in [1.29, 1.82) is 0 Å². The molecule has 170 valence electrons. The highest BCUT2D eigenvalue weighted by molar-refractivity contribution is 5.87. The first-order valence-electron chi connectivity index (χ1n) is 10.4. The standard InChI is InChI=1S/C24H25N5O4/c1-5-20(30)28-9-8-16(14-28)24-27-19(22-23(25)26-13-21(33-4)29(22)24)7-6-15-10-17(31-2)12-18(11-15)32-3/h5,10-13,16H,1,8-9,14H2,2-4H3,(H2,25,26). The van der Waals surface area contributed by atoms with Gasteiger partial charge in [-0.25, -0.2) is 9.97 Å². The van der Waals surface area contributed by atoms with Gasteiger partial charge in [0, 0.05) is 30.6 Å². The number of likely N-dealkylation sites (tertiary alicyclic amines) is 1. The molecule has 4 rings (SSSR count). The van der Waals surface area contributed by atoms with Gasteiger partial charge in [0.1, 0.15) is 28.5 Å². The first-order valence-corrected chi connectivity index (χ1v) is 10.4. The SMILES string of the molecule is C=CC(=O)N1CCC(c2nc(C#Cc3cc(OC)cc(OC)c3)c3c(N)ncc(OC)n23)C1. The summed E-state index contributed by atoms with van der Waals surface area (Å²) >= 11 is 0. The maximum absolute atomic E-state index is 12.1. The van der Waals surface area contributed by atoms with E-state index in [2.05, 4.69) is 23.4 Å². The predicted molar refractivity (Wildman–Crippen MR) is 124 cm³/mol. The van der Waals surface area contributed by atoms with Crippen LogP contribution in [0, 0.1) is 11.8 Å². The Bertz CT molecular complexity index is 1270. The number of hydrogen-bond donors (Lipinski definition) is 1. The number of nitrogens with two attached hydrogens (primary N) is 1. The fraction of sp³-hybridized carbons (Fsp3) is 0.292. The lowest BCUT2D eigenvalue weighted by Crippen LogP contribution is -2.26. The number of imidazole rings is 1. The highest BCUT2D eigenvalue weighted by Gasteiger charge is 2.31. The minimum absolute atomic E-state index is 0.00966. The van der Waals surface area contributed by atoms with Gasteiger partial charge >= 0.3 is 0 Å². The Kier molecular flexibility index (Phi) is 6.09. The average Bonchev–Trinajstić information content (AvgIpc) is 3.48. The second-order valence-electron chi connectivity index (χ2n) is 7.51. The van der Waals surface area contributed by atoms with Crippen LogP contribution < -0.4 is 19.9 Å². The van der Waals surface area contributed by atoms with E-state index in [1.165, 1.54) is 6.08 Å². The number of hydrogen-bond acceptors (Lipinski definition) is 7. The largest absolute Gasteiger partial charge is 0.497 e. The molecule has 1 atom stereocenters. The predicted octanol–water partition coefficient (Wildman–Crippen LogP) is 2.24. The normalized spacial score (nSPS) is 15.1. The van der Waals surface area contributed by atoms with Gasteiger partial charge in [-0.05, 0) is 30.6 Å². The molecule has 0 saturated carbocycles. The first kappa shape index (κ1) is 22.0. The fourth-order valence-corrected chi connectivity index (χ4v) is 3.96. The summed E-state index contributed by atoms with van der Waals surface area (Å²) < 4.78 is 18.0. The van der Waals surface area contributed by atoms with Crippen molar-refractivity contribution in [3.05, 3.63) is 54.1 Å². The lowest BCUT2D eigenvalue weighted by atomic mass is 10.1. The van der Waals surface area contributed by atoms with Gasteiger partial charge in [-0.3, -0.25) is 9.20 Å². The number of aromatic nitrogens is 3. The summed E-state index contributed by atoms with van der Waals surface area (Å²) in [6, 6.07) is 5.40. The molecule has 0 aliphatic carbocycles. The van der Waals surface area contributed by atoms with Crippen LogP contribution in [-0.4, -0.2) is 59.6 Å². The van der Waals surface area contributed by atoms with Gasteiger partial charge < -0.3 is 24.8 Å². The number of benzene rings is 1. The third-order valence-electron chi connectivity index (χ3n) is 5.61. The van der Waals surface area contributed by atoms with Gasteiger partial charge in [-0.2, -0.15) is 0 Å². The second-order valence-corrected chi connectivity index (χ2v) is 7.51. The summed E-state index contributed by atoms with van der Waals surface area (Å²) in [5.41, 5.74) is 7.98. The highest BCUT2D eigenvalue weighted by Crippen LogP contribution is 2.32. The van der Waals surface area contributed by atoms with Gasteiger partial charge in [0.15, 0.2) is 5.82 Å². The number of ether oxygens (including phenoxy) is 3. The van der Waals surface area contributed by atoms with Crippen LogP contribution >= 0.6 is 0 Å². The minimum atomic E-state index is -0.0986. The number of carbonyl (C=O) groups is 1. The zero-order chi connectivity index (χ0) is 23.5. The Hall–Kier alpha value is -4.19. The lowest BCUT2D eigenvalue weighted by molar-refractivity contribution is -0.125. The van der Waals surface area contributed by atoms with E-state index in [1.54, 1.807) is 38.5 Å². The molecule has 1 aliphatic rings. The molecule has 2 aromatic heterocycles. The van der Waals surface area contributed by atoms with Crippen molar-refractivity contribution in [3.63, 3.8) is 0 Å². The monoisotopic (exact) mass is 447 g/mol. The molecule has 9 heteroatoms. The number of nitrogens with zero attached hydrogens (tertiary/aromatic N) is 4. The van der Waals surface area contributed by atoms with Crippen LogP contribution in [0.25, 0.3) is 5.52 Å². The quantitative estimate of drug-likeness (QED) is 0.472. The molecule has 1 unspecified atom stereocenters. The van der Waals surface area contributed by atoms with Crippen LogP contribution in [0.1, 0.15) is 29.4 Å². The van der Waals surface area contributed by atoms with E-state index in [0.717, 1.165) is 12.2 Å². The van der Waals surface area contributed by atoms with Crippen molar-refractivity contribution < 1.29 is 19.0 Å². The molecule has 1 aliphatic heterocycles. The number of anilines is 1. The molecule has 0 bridgehead atoms. The number of rotatable bonds is 5. The molecule has 1 amide bonds. The van der Waals surface area contributed by atoms with Crippen LogP contribution in [0.4, 0.5) is 5.82 Å². The molecular weight excluding hydrogens is 422 g/mol. The van der Waals surface area contributed by atoms with E-state index in [1.807, 2.05) is 16.5 Å². The van der Waals surface area contributed by atoms with E-state index in [-0.39, 0.29) is 11.8 Å². The molecule has 1 saturated heterocycles. The van der Waals surface area contributed by atoms with Gasteiger partial charge in [-0.15, -0.1) is 0 Å². The van der Waals surface area contributed by atoms with Gasteiger partial charge in [0.05, 0.1) is 27.5 Å². The summed E-state index contributed by atoms with van der Waals surface area (Å²) in [6.45, 7) is 4.73. The van der Waals surface area contributed by atoms with E-state index in [0.29, 0.717) is 53.1 Å². The number of methoxy groups -OCH3 is 3. The molecule has 0 radical (unpaired) electrons. The molecule has 3 aromatic rings. The molecule has 9 nitrogen and oxygen atoms in total. The topological polar surface area (TPSA) is 104 Å². The summed E-state index contributed by atoms with van der Waals surface area (Å²) in [5, 5.41) is 0. The summed E-state index contributed by atoms with van der Waals surface area (Å²) in [6.07, 6.45) is 3.64. The van der Waals surface area contributed by atoms with Crippen LogP contribution in [0.3, 0.4) is 0 Å². The first-order chi connectivity index (χ1) is 16.0. The van der Waals surface area contributed by atoms with Crippen molar-refractivity contribution in [2.45, 2.75) is 12.3 Å². The summed E-state index contributed by atoms with van der Waals surface area (Å²) in [7, 11) is 4.73. The molecule has 2 N–H and O–H groups in total. The van der Waals surface area contributed by atoms with Gasteiger partial charge in [0.2, 0.25) is 11.8 Å². The Morgan fingerprint density at radius 2 is 1.91 bits per heavy atom. The Morgan fingerprint density at radius 1 is 1.18 bits per heavy atom. The molecule has 1 aromatic carbocycles. The second kappa shape index (κ2) is 9.12. The third-order valence-corrected chi connectivity index (χ3v) is 5.61. The van der Waals surface area contributed by atoms with Gasteiger partial charge in [0.25, 0.3) is 0 Å². The third kappa shape index (κ3) is 4.15. The molecule has 1 fully saturated rings. The zero-order valence-electron chi connectivity index (χ0n) is 18.8. The minimum Gasteiger partial charge on any atom is -0.497 e. The van der Waals surface area contributed by atoms with Crippen molar-refractivity contribution in [2.24, 2.45) is 0 Å². The maximum atomic E-state index is 12.1. The van der Waals surface area contributed by atoms with E-state index in [9.17, 15) is 4.79 Å². The van der Waals surface area contributed by atoms with Crippen molar-refractivity contribution in [2.75, 3.05) is 40.2 Å². The van der Waals surface area contributed by atoms with Crippen LogP contribution in [0.5, 0.6) is 17.4 Å². The van der Waals surface area contributed by atoms with Gasteiger partial charge in [-0.1, -0.05) is 12.5 Å². The van der Waals surface area contributed by atoms with Crippen LogP contribution in [0.15, 0.2) is 37.1 Å². The number of nitrogen functional groups attached to an aromatic ring is 1. The summed E-state index contributed by atoms with van der Waals surface area (Å²) in [5.74, 6) is 8.91. The van der Waals surface area contributed by atoms with Crippen molar-refractivity contribution in [3.8, 4) is 29.2 Å². The zero-order valence-corrected chi connectivity index (χ0v) is 18.8. The smallest absolute Gasteiger partial charge is 0.245 e. The average molecular weight is 447 g/mol. The van der Waals surface area contributed by atoms with E-state index < -0.39 is 0 Å². The maximum Gasteiger partial charge on any atom is 0.245 e. The molecule has 0 spiro atoms. The van der Waals surface area contributed by atoms with E-state index in [4.69, 9.17) is 24.9 Å². The molecular formula is C24H25N5O4. The lowest BCUT2D eigenvalue weighted by Gasteiger charge is -2.14. The molecule has 33 heavy (non-hydrogen) atoms. The van der Waals surface area contributed by atoms with Crippen LogP contribution in [0.2, 0.25) is 0 Å². The Balaban J connectivity index is 1.82. The molecule has 3 heterocycles. The number of amides is 1. The number of fused-ring (bicyclic) bond motifs is 1. The highest BCUT2D eigenvalue weighted by atomic mass is 16.5. The Labute approximate surface area is 191 Å². The van der Waals surface area contributed by atoms with Crippen molar-refractivity contribution in [1.82, 2.24) is 19.3 Å². The van der Waals surface area contributed by atoms with Crippen LogP contribution in [-0.2, 0) is 4.79 Å².